The molecule has 3 aromatic rings. The molecule has 0 aliphatic carbocycles. The lowest BCUT2D eigenvalue weighted by Crippen LogP contribution is -2.05. The number of carbonyl (C=O) groups is 1. The zero-order chi connectivity index (χ0) is 22.5. The first kappa shape index (κ1) is 21.9. The molecular formula is C25H19Cl2NO4. The molecule has 0 aromatic heterocycles. The number of benzene rings is 3. The van der Waals surface area contributed by atoms with Crippen molar-refractivity contribution in [2.24, 2.45) is 4.99 Å². The lowest BCUT2D eigenvalue weighted by atomic mass is 10.1. The molecule has 0 amide bonds. The molecule has 0 radical (unpaired) electrons. The Labute approximate surface area is 195 Å². The summed E-state index contributed by atoms with van der Waals surface area (Å²) in [6.07, 6.45) is 1.65. The molecule has 5 nitrogen and oxygen atoms in total. The van der Waals surface area contributed by atoms with Gasteiger partial charge in [0.2, 0.25) is 5.90 Å². The number of carbonyl (C=O) groups excluding carboxylic acids is 1. The van der Waals surface area contributed by atoms with Crippen LogP contribution in [0.4, 0.5) is 0 Å². The monoisotopic (exact) mass is 467 g/mol. The molecule has 1 aliphatic rings. The van der Waals surface area contributed by atoms with Gasteiger partial charge in [-0.3, -0.25) is 0 Å². The molecule has 1 aliphatic heterocycles. The molecule has 0 fully saturated rings. The normalized spacial score (nSPS) is 14.3. The lowest BCUT2D eigenvalue weighted by Gasteiger charge is -2.13. The van der Waals surface area contributed by atoms with Crippen LogP contribution in [0.1, 0.15) is 23.6 Å². The molecule has 32 heavy (non-hydrogen) atoms. The second-order valence-electron chi connectivity index (χ2n) is 6.90. The van der Waals surface area contributed by atoms with Gasteiger partial charge in [0.05, 0.1) is 6.61 Å². The number of nitrogens with zero attached hydrogens (tertiary/aromatic N) is 1. The fraction of sp³-hybridized carbons (Fsp3) is 0.120. The van der Waals surface area contributed by atoms with Crippen LogP contribution < -0.4 is 9.47 Å². The molecule has 0 atom stereocenters. The van der Waals surface area contributed by atoms with Crippen molar-refractivity contribution in [3.63, 3.8) is 0 Å². The van der Waals surface area contributed by atoms with E-state index >= 15 is 0 Å². The van der Waals surface area contributed by atoms with Crippen LogP contribution >= 0.6 is 23.2 Å². The minimum atomic E-state index is -0.518. The van der Waals surface area contributed by atoms with Gasteiger partial charge in [0.1, 0.15) is 6.61 Å². The Hall–Kier alpha value is -3.28. The predicted octanol–water partition coefficient (Wildman–Crippen LogP) is 6.32. The summed E-state index contributed by atoms with van der Waals surface area (Å²) in [5.41, 5.74) is 2.60. The van der Waals surface area contributed by atoms with Crippen LogP contribution in [-0.4, -0.2) is 18.5 Å². The van der Waals surface area contributed by atoms with E-state index in [4.69, 9.17) is 37.4 Å². The third-order valence-corrected chi connectivity index (χ3v) is 5.09. The average Bonchev–Trinajstić information content (AvgIpc) is 3.15. The summed E-state index contributed by atoms with van der Waals surface area (Å²) in [7, 11) is 0. The van der Waals surface area contributed by atoms with Crippen LogP contribution in [0.3, 0.4) is 0 Å². The fourth-order valence-electron chi connectivity index (χ4n) is 3.03. The Bertz CT molecular complexity index is 1190. The maximum absolute atomic E-state index is 12.3. The van der Waals surface area contributed by atoms with Crippen LogP contribution in [0.25, 0.3) is 6.08 Å². The van der Waals surface area contributed by atoms with Gasteiger partial charge in [-0.2, -0.15) is 0 Å². The average molecular weight is 468 g/mol. The van der Waals surface area contributed by atoms with Gasteiger partial charge in [0.25, 0.3) is 0 Å². The van der Waals surface area contributed by atoms with E-state index in [1.54, 1.807) is 42.5 Å². The molecule has 0 saturated heterocycles. The van der Waals surface area contributed by atoms with E-state index in [2.05, 4.69) is 4.99 Å². The number of hydrogen-bond acceptors (Lipinski definition) is 5. The zero-order valence-corrected chi connectivity index (χ0v) is 18.7. The quantitative estimate of drug-likeness (QED) is 0.301. The van der Waals surface area contributed by atoms with Gasteiger partial charge in [0, 0.05) is 15.6 Å². The SMILES string of the molecule is CCOc1cc(C=C2N=C(c3ccc(Cl)cc3)OC2=O)ccc1OCc1ccc(Cl)cc1. The van der Waals surface area contributed by atoms with Crippen molar-refractivity contribution in [2.75, 3.05) is 6.61 Å². The summed E-state index contributed by atoms with van der Waals surface area (Å²) in [5.74, 6) is 0.897. The summed E-state index contributed by atoms with van der Waals surface area (Å²) in [6, 6.07) is 19.8. The molecule has 0 bridgehead atoms. The van der Waals surface area contributed by atoms with Crippen molar-refractivity contribution in [1.29, 1.82) is 0 Å². The van der Waals surface area contributed by atoms with Crippen molar-refractivity contribution < 1.29 is 19.0 Å². The third-order valence-electron chi connectivity index (χ3n) is 4.59. The van der Waals surface area contributed by atoms with E-state index in [0.717, 1.165) is 11.1 Å². The third kappa shape index (κ3) is 5.31. The van der Waals surface area contributed by atoms with Crippen LogP contribution in [0, 0.1) is 0 Å². The van der Waals surface area contributed by atoms with Crippen molar-refractivity contribution in [3.8, 4) is 11.5 Å². The number of halogens is 2. The van der Waals surface area contributed by atoms with E-state index in [9.17, 15) is 4.79 Å². The maximum atomic E-state index is 12.3. The van der Waals surface area contributed by atoms with Gasteiger partial charge in [-0.25, -0.2) is 9.79 Å². The number of ether oxygens (including phenoxy) is 3. The highest BCUT2D eigenvalue weighted by Gasteiger charge is 2.24. The van der Waals surface area contributed by atoms with E-state index in [1.165, 1.54) is 0 Å². The number of rotatable bonds is 7. The molecule has 162 valence electrons. The van der Waals surface area contributed by atoms with Gasteiger partial charge >= 0.3 is 5.97 Å². The molecule has 7 heteroatoms. The lowest BCUT2D eigenvalue weighted by molar-refractivity contribution is -0.129. The highest BCUT2D eigenvalue weighted by atomic mass is 35.5. The predicted molar refractivity (Wildman–Crippen MR) is 125 cm³/mol. The summed E-state index contributed by atoms with van der Waals surface area (Å²) in [5, 5.41) is 1.27. The van der Waals surface area contributed by atoms with Crippen LogP contribution in [0.5, 0.6) is 11.5 Å². The number of esters is 1. The number of hydrogen-bond donors (Lipinski definition) is 0. The first-order chi connectivity index (χ1) is 15.5. The largest absolute Gasteiger partial charge is 0.490 e. The minimum absolute atomic E-state index is 0.201. The van der Waals surface area contributed by atoms with Crippen molar-refractivity contribution in [2.45, 2.75) is 13.5 Å². The van der Waals surface area contributed by atoms with Gasteiger partial charge in [0.15, 0.2) is 17.2 Å². The first-order valence-electron chi connectivity index (χ1n) is 9.94. The molecule has 3 aromatic carbocycles. The Morgan fingerprint density at radius 2 is 1.59 bits per heavy atom. The number of cyclic esters (lactones) is 1. The molecule has 1 heterocycles. The van der Waals surface area contributed by atoms with Crippen molar-refractivity contribution in [1.82, 2.24) is 0 Å². The molecule has 0 unspecified atom stereocenters. The molecular weight excluding hydrogens is 449 g/mol. The highest BCUT2D eigenvalue weighted by molar-refractivity contribution is 6.31. The topological polar surface area (TPSA) is 57.1 Å². The minimum Gasteiger partial charge on any atom is -0.490 e. The first-order valence-corrected chi connectivity index (χ1v) is 10.7. The molecule has 0 spiro atoms. The van der Waals surface area contributed by atoms with Gasteiger partial charge in [-0.15, -0.1) is 0 Å². The van der Waals surface area contributed by atoms with Gasteiger partial charge in [-0.05, 0) is 72.7 Å². The van der Waals surface area contributed by atoms with E-state index in [-0.39, 0.29) is 11.6 Å². The van der Waals surface area contributed by atoms with Crippen LogP contribution in [0.15, 0.2) is 77.4 Å². The molecule has 4 rings (SSSR count). The summed E-state index contributed by atoms with van der Waals surface area (Å²) in [6.45, 7) is 2.74. The number of aliphatic imine (C=N–C) groups is 1. The zero-order valence-electron chi connectivity index (χ0n) is 17.2. The van der Waals surface area contributed by atoms with Crippen molar-refractivity contribution >= 4 is 41.1 Å². The Morgan fingerprint density at radius 1 is 0.906 bits per heavy atom. The summed E-state index contributed by atoms with van der Waals surface area (Å²) < 4.78 is 17.0. The van der Waals surface area contributed by atoms with Crippen LogP contribution in [-0.2, 0) is 16.1 Å². The summed E-state index contributed by atoms with van der Waals surface area (Å²) in [4.78, 5) is 16.6. The van der Waals surface area contributed by atoms with E-state index in [0.29, 0.717) is 40.3 Å². The van der Waals surface area contributed by atoms with E-state index < -0.39 is 5.97 Å². The van der Waals surface area contributed by atoms with Crippen molar-refractivity contribution in [3.05, 3.63) is 99.2 Å². The maximum Gasteiger partial charge on any atom is 0.363 e. The molecule has 0 N–H and O–H groups in total. The second kappa shape index (κ2) is 9.90. The summed E-state index contributed by atoms with van der Waals surface area (Å²) >= 11 is 11.8. The second-order valence-corrected chi connectivity index (χ2v) is 7.77. The smallest absolute Gasteiger partial charge is 0.363 e. The Kier molecular flexibility index (Phi) is 6.78. The Balaban J connectivity index is 1.54. The standard InChI is InChI=1S/C25H19Cl2NO4/c1-2-30-23-14-17(5-12-22(23)31-15-16-3-8-19(26)9-4-16)13-21-25(29)32-24(28-21)18-6-10-20(27)11-7-18/h3-14H,2,15H2,1H3. The fourth-order valence-corrected chi connectivity index (χ4v) is 3.28. The van der Waals surface area contributed by atoms with E-state index in [1.807, 2.05) is 37.3 Å². The Morgan fingerprint density at radius 3 is 2.28 bits per heavy atom. The van der Waals surface area contributed by atoms with Crippen LogP contribution in [0.2, 0.25) is 10.0 Å². The highest BCUT2D eigenvalue weighted by Crippen LogP contribution is 2.31. The van der Waals surface area contributed by atoms with Gasteiger partial charge < -0.3 is 14.2 Å². The molecule has 0 saturated carbocycles. The van der Waals surface area contributed by atoms with Gasteiger partial charge in [-0.1, -0.05) is 41.4 Å².